The molecule has 238 valence electrons. The largest absolute Gasteiger partial charge is 0.455 e. The van der Waals surface area contributed by atoms with Crippen molar-refractivity contribution >= 4 is 65.6 Å². The minimum atomic E-state index is -0.652. The van der Waals surface area contributed by atoms with Crippen LogP contribution >= 0.6 is 0 Å². The third kappa shape index (κ3) is 4.00. The first-order chi connectivity index (χ1) is 29.9. The van der Waals surface area contributed by atoms with Crippen LogP contribution in [-0.2, 0) is 0 Å². The standard InChI is InChI=1S/C48H30N2O/c1-3-15-31(16-4-1)33-29-30-43(47-38-21-9-12-28-44(38)51-48(33)47)50-40-25-11-8-20-37(40)46-35(23-14-27-42(46)50)34-22-13-26-41-45(34)36-19-7-10-24-39(36)49(41)32-17-5-2-6-18-32/h1-30H/i1D,3D,4D,9D,12D,15D,16D,21D,28D,29D,30D. The molecule has 0 N–H and O–H groups in total. The van der Waals surface area contributed by atoms with Gasteiger partial charge in [-0.2, -0.15) is 0 Å². The second-order valence-electron chi connectivity index (χ2n) is 12.4. The maximum atomic E-state index is 9.82. The van der Waals surface area contributed by atoms with Gasteiger partial charge in [0.15, 0.2) is 0 Å². The molecule has 0 saturated carbocycles. The van der Waals surface area contributed by atoms with Crippen molar-refractivity contribution in [2.45, 2.75) is 0 Å². The van der Waals surface area contributed by atoms with Gasteiger partial charge < -0.3 is 13.6 Å². The van der Waals surface area contributed by atoms with Crippen LogP contribution in [0, 0.1) is 0 Å². The van der Waals surface area contributed by atoms with Crippen LogP contribution in [-0.4, -0.2) is 9.13 Å². The highest BCUT2D eigenvalue weighted by Gasteiger charge is 2.23. The van der Waals surface area contributed by atoms with Crippen LogP contribution in [0.4, 0.5) is 0 Å². The van der Waals surface area contributed by atoms with Gasteiger partial charge in [0.2, 0.25) is 0 Å². The first kappa shape index (κ1) is 19.4. The van der Waals surface area contributed by atoms with Crippen molar-refractivity contribution in [3.05, 3.63) is 182 Å². The summed E-state index contributed by atoms with van der Waals surface area (Å²) in [7, 11) is 0. The Balaban J connectivity index is 1.31. The number of hydrogen-bond acceptors (Lipinski definition) is 1. The molecule has 3 aromatic heterocycles. The number of benzene rings is 8. The Hall–Kier alpha value is -6.84. The summed E-state index contributed by atoms with van der Waals surface area (Å²) >= 11 is 0. The fraction of sp³-hybridized carbons (Fsp3) is 0. The Morgan fingerprint density at radius 1 is 0.412 bits per heavy atom. The van der Waals surface area contributed by atoms with Gasteiger partial charge in [0, 0.05) is 38.2 Å². The van der Waals surface area contributed by atoms with E-state index in [9.17, 15) is 4.11 Å². The number of nitrogens with zero attached hydrogens (tertiary/aromatic N) is 2. The molecule has 3 nitrogen and oxygen atoms in total. The second-order valence-corrected chi connectivity index (χ2v) is 12.4. The van der Waals surface area contributed by atoms with Crippen molar-refractivity contribution in [1.29, 1.82) is 0 Å². The fourth-order valence-corrected chi connectivity index (χ4v) is 7.77. The zero-order chi connectivity index (χ0) is 43.0. The summed E-state index contributed by atoms with van der Waals surface area (Å²) in [6.07, 6.45) is 0. The first-order valence-electron chi connectivity index (χ1n) is 22.1. The molecule has 0 atom stereocenters. The van der Waals surface area contributed by atoms with E-state index in [4.69, 9.17) is 15.4 Å². The molecule has 3 heteroatoms. The number of aromatic nitrogens is 2. The number of furan rings is 1. The summed E-state index contributed by atoms with van der Waals surface area (Å²) in [5.41, 5.74) is 5.11. The number of hydrogen-bond donors (Lipinski definition) is 0. The molecule has 8 aromatic carbocycles. The van der Waals surface area contributed by atoms with Crippen LogP contribution in [0.1, 0.15) is 15.1 Å². The Bertz CT molecular complexity index is 3750. The molecule has 0 amide bonds. The fourth-order valence-electron chi connectivity index (χ4n) is 7.77. The highest BCUT2D eigenvalue weighted by Crippen LogP contribution is 2.46. The lowest BCUT2D eigenvalue weighted by Crippen LogP contribution is -1.95. The molecular formula is C48H30N2O. The highest BCUT2D eigenvalue weighted by molar-refractivity contribution is 6.23. The van der Waals surface area contributed by atoms with E-state index in [-0.39, 0.29) is 38.8 Å². The lowest BCUT2D eigenvalue weighted by Gasteiger charge is -2.13. The summed E-state index contributed by atoms with van der Waals surface area (Å²) in [5.74, 6) is 0. The van der Waals surface area contributed by atoms with Gasteiger partial charge in [0.05, 0.1) is 48.2 Å². The molecule has 0 bridgehead atoms. The second kappa shape index (κ2) is 10.8. The van der Waals surface area contributed by atoms with E-state index in [0.717, 1.165) is 49.4 Å². The maximum Gasteiger partial charge on any atom is 0.145 e. The number of fused-ring (bicyclic) bond motifs is 9. The zero-order valence-corrected chi connectivity index (χ0v) is 26.8. The monoisotopic (exact) mass is 661 g/mol. The van der Waals surface area contributed by atoms with E-state index in [0.29, 0.717) is 11.0 Å². The average Bonchev–Trinajstić information content (AvgIpc) is 3.97. The van der Waals surface area contributed by atoms with Crippen molar-refractivity contribution in [1.82, 2.24) is 9.13 Å². The molecule has 0 unspecified atom stereocenters. The molecule has 0 fully saturated rings. The van der Waals surface area contributed by atoms with Crippen molar-refractivity contribution in [3.8, 4) is 33.6 Å². The van der Waals surface area contributed by atoms with Crippen molar-refractivity contribution in [2.24, 2.45) is 0 Å². The van der Waals surface area contributed by atoms with Gasteiger partial charge in [-0.15, -0.1) is 0 Å². The predicted molar refractivity (Wildman–Crippen MR) is 213 cm³/mol. The van der Waals surface area contributed by atoms with Gasteiger partial charge in [-0.1, -0.05) is 127 Å². The molecule has 0 aliphatic heterocycles. The van der Waals surface area contributed by atoms with Gasteiger partial charge in [0.1, 0.15) is 11.2 Å². The summed E-state index contributed by atoms with van der Waals surface area (Å²) in [4.78, 5) is 0. The Morgan fingerprint density at radius 3 is 1.73 bits per heavy atom. The van der Waals surface area contributed by atoms with Crippen LogP contribution in [0.5, 0.6) is 0 Å². The SMILES string of the molecule is [2H]c1c([2H])c([2H])c(-c2c([2H])c([2H])c(-n3c4ccccc4c4c(-c5cccc6c5c5ccccc5n6-c5ccccc5)cccc43)c3c2oc2c([2H])c([2H])c([2H])c([2H])c23)c([2H])c1[2H]. The lowest BCUT2D eigenvalue weighted by atomic mass is 9.95. The minimum Gasteiger partial charge on any atom is -0.455 e. The van der Waals surface area contributed by atoms with Gasteiger partial charge in [0.25, 0.3) is 0 Å². The topological polar surface area (TPSA) is 23.0 Å². The van der Waals surface area contributed by atoms with Crippen LogP contribution in [0.2, 0.25) is 0 Å². The van der Waals surface area contributed by atoms with Crippen molar-refractivity contribution < 1.29 is 19.5 Å². The summed E-state index contributed by atoms with van der Waals surface area (Å²) in [6, 6.07) is 32.0. The van der Waals surface area contributed by atoms with Crippen LogP contribution in [0.25, 0.3) is 99.2 Å². The summed E-state index contributed by atoms with van der Waals surface area (Å²) in [6.45, 7) is 0. The third-order valence-electron chi connectivity index (χ3n) is 9.78. The number of rotatable bonds is 4. The molecule has 0 saturated heterocycles. The van der Waals surface area contributed by atoms with E-state index < -0.39 is 66.5 Å². The maximum absolute atomic E-state index is 9.82. The lowest BCUT2D eigenvalue weighted by molar-refractivity contribution is 0.670. The van der Waals surface area contributed by atoms with E-state index in [1.165, 1.54) is 0 Å². The Labute approximate surface area is 309 Å². The molecule has 11 aromatic rings. The van der Waals surface area contributed by atoms with Gasteiger partial charge in [-0.25, -0.2) is 0 Å². The molecular weight excluding hydrogens is 621 g/mol. The molecule has 3 heterocycles. The van der Waals surface area contributed by atoms with Crippen LogP contribution in [0.15, 0.2) is 186 Å². The van der Waals surface area contributed by atoms with Crippen LogP contribution < -0.4 is 0 Å². The van der Waals surface area contributed by atoms with Crippen LogP contribution in [0.3, 0.4) is 0 Å². The third-order valence-corrected chi connectivity index (χ3v) is 9.78. The quantitative estimate of drug-likeness (QED) is 0.184. The highest BCUT2D eigenvalue weighted by atomic mass is 16.3. The zero-order valence-electron chi connectivity index (χ0n) is 37.8. The predicted octanol–water partition coefficient (Wildman–Crippen LogP) is 13.1. The molecule has 0 spiro atoms. The summed E-state index contributed by atoms with van der Waals surface area (Å²) < 4.78 is 108. The molecule has 11 rings (SSSR count). The van der Waals surface area contributed by atoms with E-state index in [1.807, 2.05) is 77.4 Å². The van der Waals surface area contributed by atoms with Crippen molar-refractivity contribution in [2.75, 3.05) is 0 Å². The smallest absolute Gasteiger partial charge is 0.145 e. The van der Waals surface area contributed by atoms with Gasteiger partial charge >= 0.3 is 0 Å². The minimum absolute atomic E-state index is 0.0379. The molecule has 0 radical (unpaired) electrons. The molecule has 0 aliphatic rings. The van der Waals surface area contributed by atoms with Gasteiger partial charge in [-0.3, -0.25) is 0 Å². The Morgan fingerprint density at radius 2 is 1.00 bits per heavy atom. The molecule has 51 heavy (non-hydrogen) atoms. The molecule has 0 aliphatic carbocycles. The average molecular weight is 662 g/mol. The normalized spacial score (nSPS) is 14.9. The summed E-state index contributed by atoms with van der Waals surface area (Å²) in [5, 5.41) is 3.70. The van der Waals surface area contributed by atoms with Gasteiger partial charge in [-0.05, 0) is 71.2 Å². The first-order valence-corrected chi connectivity index (χ1v) is 16.6. The number of para-hydroxylation sites is 4. The van der Waals surface area contributed by atoms with E-state index in [1.54, 1.807) is 0 Å². The Kier molecular flexibility index (Phi) is 4.11. The van der Waals surface area contributed by atoms with E-state index in [2.05, 4.69) is 47.0 Å². The van der Waals surface area contributed by atoms with Crippen molar-refractivity contribution in [3.63, 3.8) is 0 Å². The van der Waals surface area contributed by atoms with E-state index >= 15 is 0 Å².